The summed E-state index contributed by atoms with van der Waals surface area (Å²) in [5.41, 5.74) is 1.26. The highest BCUT2D eigenvalue weighted by Crippen LogP contribution is 2.50. The van der Waals surface area contributed by atoms with Crippen LogP contribution in [0.25, 0.3) is 0 Å². The van der Waals surface area contributed by atoms with Crippen molar-refractivity contribution in [1.82, 2.24) is 20.0 Å². The molecule has 14 heteroatoms. The summed E-state index contributed by atoms with van der Waals surface area (Å²) in [5, 5.41) is 26.4. The number of halogens is 2. The van der Waals surface area contributed by atoms with E-state index in [0.717, 1.165) is 0 Å². The molecule has 1 aliphatic heterocycles. The van der Waals surface area contributed by atoms with Gasteiger partial charge in [-0.1, -0.05) is 17.7 Å². The molecule has 210 valence electrons. The summed E-state index contributed by atoms with van der Waals surface area (Å²) < 4.78 is 39.1. The number of sulfone groups is 1. The highest BCUT2D eigenvalue weighted by Gasteiger charge is 2.62. The highest BCUT2D eigenvalue weighted by atomic mass is 35.5. The van der Waals surface area contributed by atoms with E-state index in [9.17, 15) is 32.6 Å². The summed E-state index contributed by atoms with van der Waals surface area (Å²) in [6.45, 7) is 2.24. The van der Waals surface area contributed by atoms with Gasteiger partial charge in [0, 0.05) is 32.2 Å². The second-order valence-corrected chi connectivity index (χ2v) is 13.5. The second kappa shape index (κ2) is 10.8. The highest BCUT2D eigenvalue weighted by molar-refractivity contribution is 7.94. The molecular formula is C24H32ClFN4O6S2. The number of benzene rings is 1. The molecule has 0 spiro atoms. The van der Waals surface area contributed by atoms with E-state index in [0.29, 0.717) is 30.4 Å². The summed E-state index contributed by atoms with van der Waals surface area (Å²) in [7, 11) is -2.38. The molecule has 2 aromatic rings. The van der Waals surface area contributed by atoms with Crippen LogP contribution in [0.2, 0.25) is 5.02 Å². The Kier molecular flexibility index (Phi) is 8.60. The van der Waals surface area contributed by atoms with Crippen LogP contribution in [0.15, 0.2) is 18.2 Å². The first-order valence-electron chi connectivity index (χ1n) is 11.9. The summed E-state index contributed by atoms with van der Waals surface area (Å²) >= 11 is 5.69. The molecule has 1 aliphatic carbocycles. The van der Waals surface area contributed by atoms with E-state index in [2.05, 4.69) is 10.4 Å². The number of fused-ring (bicyclic) bond motifs is 1. The Bertz CT molecular complexity index is 1360. The van der Waals surface area contributed by atoms with Gasteiger partial charge in [-0.15, -0.1) is 0 Å². The van der Waals surface area contributed by atoms with Crippen LogP contribution < -0.4 is 5.32 Å². The Morgan fingerprint density at radius 2 is 2.00 bits per heavy atom. The van der Waals surface area contributed by atoms with Gasteiger partial charge in [-0.3, -0.25) is 14.3 Å². The third-order valence-electron chi connectivity index (χ3n) is 7.44. The summed E-state index contributed by atoms with van der Waals surface area (Å²) in [4.78, 5) is 27.7. The molecule has 0 saturated heterocycles. The predicted octanol–water partition coefficient (Wildman–Crippen LogP) is 1.33. The first-order chi connectivity index (χ1) is 17.3. The van der Waals surface area contributed by atoms with E-state index in [1.54, 1.807) is 6.07 Å². The zero-order valence-electron chi connectivity index (χ0n) is 21.3. The maximum Gasteiger partial charge on any atom is 0.272 e. The SMILES string of the molecule is Cn1nc(C(=O)NCc2ccc(Cl)c(F)c2)c2c1C(=O)N(CC1(S(=O)(=O)C(C)(C)[C@@H](O)CO)CC1)CC2.S. The average molecular weight is 591 g/mol. The number of nitrogens with one attached hydrogen (secondary N) is 1. The van der Waals surface area contributed by atoms with Crippen LogP contribution in [0.4, 0.5) is 4.39 Å². The molecule has 1 aromatic heterocycles. The van der Waals surface area contributed by atoms with Gasteiger partial charge >= 0.3 is 0 Å². The molecule has 2 aliphatic rings. The lowest BCUT2D eigenvalue weighted by Crippen LogP contribution is -2.55. The van der Waals surface area contributed by atoms with Gasteiger partial charge in [-0.05, 0) is 50.8 Å². The van der Waals surface area contributed by atoms with Crippen molar-refractivity contribution in [2.24, 2.45) is 7.05 Å². The summed E-state index contributed by atoms with van der Waals surface area (Å²) in [5.74, 6) is -1.55. The standard InChI is InChI=1S/C24H30ClFN4O6S.H2S/c1-23(2,18(32)12-31)37(35,36)24(7-8-24)13-30-9-6-15-19(28-29(3)20(15)22(30)34)21(33)27-11-14-4-5-16(25)17(26)10-14;/h4-5,10,18,31-32H,6-9,11-13H2,1-3H3,(H,27,33);1H2/t18-;/m0./s1. The van der Waals surface area contributed by atoms with E-state index in [4.69, 9.17) is 11.6 Å². The van der Waals surface area contributed by atoms with Crippen LogP contribution >= 0.6 is 25.1 Å². The molecule has 0 radical (unpaired) electrons. The van der Waals surface area contributed by atoms with Crippen LogP contribution in [0, 0.1) is 5.82 Å². The van der Waals surface area contributed by atoms with E-state index in [1.165, 1.54) is 42.6 Å². The Hall–Kier alpha value is -2.19. The second-order valence-electron chi connectivity index (χ2n) is 10.2. The molecule has 2 amide bonds. The molecule has 4 rings (SSSR count). The first-order valence-corrected chi connectivity index (χ1v) is 13.7. The van der Waals surface area contributed by atoms with E-state index in [-0.39, 0.29) is 49.5 Å². The molecule has 0 bridgehead atoms. The van der Waals surface area contributed by atoms with Crippen molar-refractivity contribution in [2.75, 3.05) is 19.7 Å². The Morgan fingerprint density at radius 1 is 1.34 bits per heavy atom. The van der Waals surface area contributed by atoms with E-state index in [1.807, 2.05) is 0 Å². The molecule has 38 heavy (non-hydrogen) atoms. The quantitative estimate of drug-likeness (QED) is 0.400. The lowest BCUT2D eigenvalue weighted by molar-refractivity contribution is 0.0673. The smallest absolute Gasteiger partial charge is 0.272 e. The van der Waals surface area contributed by atoms with Gasteiger partial charge in [0.15, 0.2) is 15.5 Å². The van der Waals surface area contributed by atoms with Gasteiger partial charge in [0.25, 0.3) is 11.8 Å². The number of carbonyl (C=O) groups is 2. The van der Waals surface area contributed by atoms with Crippen LogP contribution in [-0.4, -0.2) is 80.4 Å². The fraction of sp³-hybridized carbons (Fsp3) is 0.542. The molecular weight excluding hydrogens is 559 g/mol. The molecule has 2 heterocycles. The van der Waals surface area contributed by atoms with Crippen LogP contribution in [-0.2, 0) is 29.9 Å². The monoisotopic (exact) mass is 590 g/mol. The molecule has 0 unspecified atom stereocenters. The van der Waals surface area contributed by atoms with Crippen molar-refractivity contribution in [3.05, 3.63) is 51.6 Å². The Labute approximate surface area is 232 Å². The Balaban J connectivity index is 0.00000400. The average Bonchev–Trinajstić information content (AvgIpc) is 3.57. The molecule has 3 N–H and O–H groups in total. The topological polar surface area (TPSA) is 142 Å². The van der Waals surface area contributed by atoms with Gasteiger partial charge in [0.1, 0.15) is 11.5 Å². The van der Waals surface area contributed by atoms with Crippen LogP contribution in [0.1, 0.15) is 58.8 Å². The van der Waals surface area contributed by atoms with Gasteiger partial charge in [0.2, 0.25) is 0 Å². The number of rotatable bonds is 9. The number of hydrogen-bond acceptors (Lipinski definition) is 7. The number of carbonyl (C=O) groups excluding carboxylic acids is 2. The third kappa shape index (κ3) is 5.06. The third-order valence-corrected chi connectivity index (χ3v) is 11.1. The largest absolute Gasteiger partial charge is 0.394 e. The Morgan fingerprint density at radius 3 is 2.58 bits per heavy atom. The van der Waals surface area contributed by atoms with Gasteiger partial charge in [0.05, 0.1) is 27.2 Å². The normalized spacial score (nSPS) is 17.4. The number of aryl methyl sites for hydroxylation is 1. The number of aromatic nitrogens is 2. The van der Waals surface area contributed by atoms with Crippen LogP contribution in [0.3, 0.4) is 0 Å². The van der Waals surface area contributed by atoms with Gasteiger partial charge in [-0.2, -0.15) is 18.6 Å². The van der Waals surface area contributed by atoms with Crippen LogP contribution in [0.5, 0.6) is 0 Å². The minimum absolute atomic E-state index is 0. The maximum atomic E-state index is 13.7. The van der Waals surface area contributed by atoms with Crippen molar-refractivity contribution in [3.8, 4) is 0 Å². The summed E-state index contributed by atoms with van der Waals surface area (Å²) in [6, 6.07) is 4.21. The lowest BCUT2D eigenvalue weighted by Gasteiger charge is -2.36. The first kappa shape index (κ1) is 30.4. The molecule has 1 fully saturated rings. The van der Waals surface area contributed by atoms with Gasteiger partial charge < -0.3 is 20.4 Å². The number of nitrogens with zero attached hydrogens (tertiary/aromatic N) is 3. The van der Waals surface area contributed by atoms with Crippen molar-refractivity contribution < 1.29 is 32.6 Å². The number of aliphatic hydroxyl groups is 2. The van der Waals surface area contributed by atoms with E-state index >= 15 is 0 Å². The number of hydrogen-bond donors (Lipinski definition) is 3. The van der Waals surface area contributed by atoms with Gasteiger partial charge in [-0.25, -0.2) is 12.8 Å². The minimum Gasteiger partial charge on any atom is -0.394 e. The van der Waals surface area contributed by atoms with Crippen molar-refractivity contribution >= 4 is 46.7 Å². The lowest BCUT2D eigenvalue weighted by atomic mass is 10.0. The number of amides is 2. The molecule has 1 atom stereocenters. The van der Waals surface area contributed by atoms with Crippen molar-refractivity contribution in [2.45, 2.75) is 55.3 Å². The van der Waals surface area contributed by atoms with Crippen molar-refractivity contribution in [3.63, 3.8) is 0 Å². The molecule has 1 saturated carbocycles. The zero-order chi connectivity index (χ0) is 27.3. The minimum atomic E-state index is -3.92. The fourth-order valence-corrected chi connectivity index (χ4v) is 7.41. The molecule has 10 nitrogen and oxygen atoms in total. The van der Waals surface area contributed by atoms with E-state index < -0.39 is 49.7 Å². The fourth-order valence-electron chi connectivity index (χ4n) is 4.78. The zero-order valence-corrected chi connectivity index (χ0v) is 23.9. The molecule has 1 aromatic carbocycles. The summed E-state index contributed by atoms with van der Waals surface area (Å²) in [6.07, 6.45) is -0.469. The predicted molar refractivity (Wildman–Crippen MR) is 144 cm³/mol. The maximum absolute atomic E-state index is 13.7. The number of aliphatic hydroxyl groups excluding tert-OH is 2. The van der Waals surface area contributed by atoms with Crippen molar-refractivity contribution in [1.29, 1.82) is 0 Å².